The zero-order valence-corrected chi connectivity index (χ0v) is 16.4. The lowest BCUT2D eigenvalue weighted by molar-refractivity contribution is 0.351. The number of nitrogens with zero attached hydrogens (tertiary/aromatic N) is 3. The zero-order valence-electron chi connectivity index (χ0n) is 16.4. The van der Waals surface area contributed by atoms with Crippen molar-refractivity contribution in [3.63, 3.8) is 0 Å². The van der Waals surface area contributed by atoms with Crippen LogP contribution in [0.2, 0.25) is 0 Å². The molecule has 6 bridgehead atoms. The lowest BCUT2D eigenvalue weighted by Gasteiger charge is -2.31. The largest absolute Gasteiger partial charge is 0.490 e. The van der Waals surface area contributed by atoms with Crippen LogP contribution in [0.3, 0.4) is 0 Å². The summed E-state index contributed by atoms with van der Waals surface area (Å²) in [5.41, 5.74) is 3.48. The Hall–Kier alpha value is -3.05. The summed E-state index contributed by atoms with van der Waals surface area (Å²) in [5, 5.41) is 3.48. The molecule has 2 aliphatic rings. The van der Waals surface area contributed by atoms with Crippen LogP contribution in [0.4, 0.5) is 5.69 Å². The fourth-order valence-electron chi connectivity index (χ4n) is 3.51. The molecule has 0 spiro atoms. The smallest absolute Gasteiger partial charge is 0.203 e. The highest BCUT2D eigenvalue weighted by molar-refractivity contribution is 5.94. The zero-order chi connectivity index (χ0) is 19.3. The van der Waals surface area contributed by atoms with Crippen molar-refractivity contribution >= 4 is 11.6 Å². The third-order valence-corrected chi connectivity index (χ3v) is 4.98. The van der Waals surface area contributed by atoms with Gasteiger partial charge in [0.05, 0.1) is 6.04 Å². The molecule has 0 saturated carbocycles. The van der Waals surface area contributed by atoms with Gasteiger partial charge in [0.25, 0.3) is 0 Å². The van der Waals surface area contributed by atoms with Crippen LogP contribution in [0.5, 0.6) is 5.75 Å². The molecule has 0 saturated heterocycles. The number of benzene rings is 2. The Labute approximate surface area is 166 Å². The normalized spacial score (nSPS) is 21.1. The molecular weight excluding hydrogens is 348 g/mol. The molecule has 0 amide bonds. The van der Waals surface area contributed by atoms with Crippen LogP contribution in [0, 0.1) is 0 Å². The fraction of sp³-hybridized carbons (Fsp3) is 0.261. The Morgan fingerprint density at radius 3 is 2.89 bits per heavy atom. The molecule has 1 atom stereocenters. The van der Waals surface area contributed by atoms with E-state index >= 15 is 0 Å². The van der Waals surface area contributed by atoms with E-state index in [1.807, 2.05) is 18.3 Å². The minimum atomic E-state index is 0.101. The van der Waals surface area contributed by atoms with E-state index in [1.165, 1.54) is 11.1 Å². The molecule has 5 heteroatoms. The third kappa shape index (κ3) is 4.26. The Morgan fingerprint density at radius 2 is 1.96 bits per heavy atom. The Balaban J connectivity index is 1.67. The Morgan fingerprint density at radius 1 is 1.07 bits per heavy atom. The molecule has 2 aliphatic heterocycles. The van der Waals surface area contributed by atoms with Gasteiger partial charge in [-0.05, 0) is 48.5 Å². The number of ether oxygens (including phenoxy) is 1. The Bertz CT molecular complexity index is 918. The molecule has 0 fully saturated rings. The van der Waals surface area contributed by atoms with Crippen molar-refractivity contribution in [3.8, 4) is 5.75 Å². The van der Waals surface area contributed by atoms with E-state index in [4.69, 9.17) is 4.74 Å². The van der Waals surface area contributed by atoms with Crippen molar-refractivity contribution in [2.45, 2.75) is 12.6 Å². The van der Waals surface area contributed by atoms with Crippen LogP contribution in [0.15, 0.2) is 78.0 Å². The number of hydrogen-bond acceptors (Lipinski definition) is 5. The third-order valence-electron chi connectivity index (χ3n) is 4.98. The number of fused-ring (bicyclic) bond motifs is 7. The van der Waals surface area contributed by atoms with Crippen molar-refractivity contribution in [1.29, 1.82) is 0 Å². The highest BCUT2D eigenvalue weighted by Crippen LogP contribution is 2.27. The second-order valence-electron chi connectivity index (χ2n) is 7.23. The van der Waals surface area contributed by atoms with Gasteiger partial charge < -0.3 is 15.0 Å². The molecule has 0 aliphatic carbocycles. The van der Waals surface area contributed by atoms with Crippen molar-refractivity contribution < 1.29 is 4.74 Å². The maximum Gasteiger partial charge on any atom is 0.203 e. The van der Waals surface area contributed by atoms with Crippen molar-refractivity contribution in [1.82, 2.24) is 9.80 Å². The average Bonchev–Trinajstić information content (AvgIpc) is 2.69. The number of hydrogen-bond donors (Lipinski definition) is 1. The van der Waals surface area contributed by atoms with Crippen LogP contribution < -0.4 is 10.1 Å². The molecule has 1 unspecified atom stereocenters. The standard InChI is InChI=1S/C23H26N4O/c1-26-13-3-4-14-28-21-10-6-8-19(16-21)22-11-12-24-23(27(22)2)25-20-9-5-7-18(15-20)17-26/h3-12,15-16,22H,13-14,17H2,1-2H3,(H,24,25)/b4-3+. The minimum absolute atomic E-state index is 0.101. The van der Waals surface area contributed by atoms with Crippen LogP contribution in [0.1, 0.15) is 17.2 Å². The summed E-state index contributed by atoms with van der Waals surface area (Å²) in [6.45, 7) is 2.33. The van der Waals surface area contributed by atoms with Gasteiger partial charge in [-0.25, -0.2) is 4.99 Å². The quantitative estimate of drug-likeness (QED) is 0.707. The molecule has 2 aromatic rings. The summed E-state index contributed by atoms with van der Waals surface area (Å²) in [7, 11) is 4.18. The van der Waals surface area contributed by atoms with Crippen LogP contribution in [0.25, 0.3) is 0 Å². The van der Waals surface area contributed by atoms with E-state index in [0.717, 1.165) is 30.5 Å². The minimum Gasteiger partial charge on any atom is -0.490 e. The fourth-order valence-corrected chi connectivity index (χ4v) is 3.51. The Kier molecular flexibility index (Phi) is 5.44. The SMILES string of the molecule is CN1C/C=C/COc2cccc(c2)C2C=CN=C(Nc3cccc(c3)C1)N2C. The van der Waals surface area contributed by atoms with Gasteiger partial charge in [-0.15, -0.1) is 0 Å². The average molecular weight is 374 g/mol. The van der Waals surface area contributed by atoms with Crippen molar-refractivity contribution in [2.24, 2.45) is 4.99 Å². The molecule has 4 rings (SSSR count). The molecule has 0 radical (unpaired) electrons. The van der Waals surface area contributed by atoms with E-state index in [-0.39, 0.29) is 6.04 Å². The number of likely N-dealkylation sites (N-methyl/N-ethyl adjacent to an activating group) is 2. The molecule has 2 heterocycles. The highest BCUT2D eigenvalue weighted by atomic mass is 16.5. The van der Waals surface area contributed by atoms with Gasteiger partial charge in [0.15, 0.2) is 0 Å². The van der Waals surface area contributed by atoms with Gasteiger partial charge >= 0.3 is 0 Å². The monoisotopic (exact) mass is 374 g/mol. The van der Waals surface area contributed by atoms with Crippen LogP contribution in [-0.4, -0.2) is 43.0 Å². The van der Waals surface area contributed by atoms with E-state index in [1.54, 1.807) is 0 Å². The molecule has 28 heavy (non-hydrogen) atoms. The lowest BCUT2D eigenvalue weighted by atomic mass is 10.0. The maximum absolute atomic E-state index is 5.92. The van der Waals surface area contributed by atoms with E-state index in [0.29, 0.717) is 6.61 Å². The maximum atomic E-state index is 5.92. The van der Waals surface area contributed by atoms with E-state index < -0.39 is 0 Å². The number of anilines is 1. The highest BCUT2D eigenvalue weighted by Gasteiger charge is 2.21. The van der Waals surface area contributed by atoms with Crippen molar-refractivity contribution in [2.75, 3.05) is 32.6 Å². The molecular formula is C23H26N4O. The summed E-state index contributed by atoms with van der Waals surface area (Å²) >= 11 is 0. The lowest BCUT2D eigenvalue weighted by Crippen LogP contribution is -2.37. The van der Waals surface area contributed by atoms with Gasteiger partial charge in [0.1, 0.15) is 12.4 Å². The van der Waals surface area contributed by atoms with E-state index in [9.17, 15) is 0 Å². The van der Waals surface area contributed by atoms with Crippen LogP contribution in [-0.2, 0) is 6.54 Å². The second-order valence-corrected chi connectivity index (χ2v) is 7.23. The molecule has 0 aromatic heterocycles. The predicted octanol–water partition coefficient (Wildman–Crippen LogP) is 4.04. The molecule has 5 nitrogen and oxygen atoms in total. The first kappa shape index (κ1) is 18.3. The summed E-state index contributed by atoms with van der Waals surface area (Å²) in [6.07, 6.45) is 8.21. The summed E-state index contributed by atoms with van der Waals surface area (Å²) in [6, 6.07) is 16.9. The first-order valence-corrected chi connectivity index (χ1v) is 9.58. The number of nitrogens with one attached hydrogen (secondary N) is 1. The van der Waals surface area contributed by atoms with Gasteiger partial charge in [0, 0.05) is 32.0 Å². The number of rotatable bonds is 0. The first-order valence-electron chi connectivity index (χ1n) is 9.58. The summed E-state index contributed by atoms with van der Waals surface area (Å²) in [5.74, 6) is 1.71. The summed E-state index contributed by atoms with van der Waals surface area (Å²) in [4.78, 5) is 8.98. The molecule has 2 aromatic carbocycles. The predicted molar refractivity (Wildman–Crippen MR) is 115 cm³/mol. The topological polar surface area (TPSA) is 40.1 Å². The number of aliphatic imine (C=N–C) groups is 1. The van der Waals surface area contributed by atoms with Crippen LogP contribution >= 0.6 is 0 Å². The van der Waals surface area contributed by atoms with Gasteiger partial charge in [-0.3, -0.25) is 4.90 Å². The van der Waals surface area contributed by atoms with Gasteiger partial charge in [-0.1, -0.05) is 36.4 Å². The molecule has 1 N–H and O–H groups in total. The van der Waals surface area contributed by atoms with Gasteiger partial charge in [-0.2, -0.15) is 0 Å². The molecule has 144 valence electrons. The van der Waals surface area contributed by atoms with E-state index in [2.05, 4.69) is 88.8 Å². The van der Waals surface area contributed by atoms with Crippen molar-refractivity contribution in [3.05, 3.63) is 84.1 Å². The van der Waals surface area contributed by atoms with Gasteiger partial charge in [0.2, 0.25) is 5.96 Å². The summed E-state index contributed by atoms with van der Waals surface area (Å²) < 4.78 is 5.92. The number of guanidine groups is 1. The second kappa shape index (κ2) is 8.31. The first-order chi connectivity index (χ1) is 13.7.